The van der Waals surface area contributed by atoms with E-state index in [-0.39, 0.29) is 11.9 Å². The summed E-state index contributed by atoms with van der Waals surface area (Å²) in [7, 11) is 0. The highest BCUT2D eigenvalue weighted by Crippen LogP contribution is 2.14. The zero-order valence-corrected chi connectivity index (χ0v) is 11.0. The van der Waals surface area contributed by atoms with Gasteiger partial charge in [-0.1, -0.05) is 18.2 Å². The lowest BCUT2D eigenvalue weighted by Crippen LogP contribution is -2.39. The lowest BCUT2D eigenvalue weighted by Gasteiger charge is -2.06. The van der Waals surface area contributed by atoms with Crippen LogP contribution in [0.2, 0.25) is 0 Å². The number of amides is 1. The van der Waals surface area contributed by atoms with Crippen LogP contribution in [-0.4, -0.2) is 18.4 Å². The first-order chi connectivity index (χ1) is 8.54. The van der Waals surface area contributed by atoms with Crippen LogP contribution in [0, 0.1) is 19.3 Å². The molecule has 0 fully saturated rings. The monoisotopic (exact) mass is 245 g/mol. The van der Waals surface area contributed by atoms with Crippen LogP contribution < -0.4 is 10.6 Å². The molecule has 3 N–H and O–H groups in total. The molecule has 0 aliphatic carbocycles. The largest absolute Gasteiger partial charge is 0.357 e. The van der Waals surface area contributed by atoms with Crippen LogP contribution in [0.5, 0.6) is 0 Å². The SMILES string of the molecule is CCNC(=N)NC(=O)C=Cc1c(C)cccc1C. The predicted octanol–water partition coefficient (Wildman–Crippen LogP) is 1.98. The van der Waals surface area contributed by atoms with Crippen LogP contribution in [0.15, 0.2) is 24.3 Å². The number of aryl methyl sites for hydroxylation is 2. The van der Waals surface area contributed by atoms with Crippen LogP contribution in [0.3, 0.4) is 0 Å². The smallest absolute Gasteiger partial charge is 0.250 e. The Kier molecular flexibility index (Phi) is 5.11. The van der Waals surface area contributed by atoms with E-state index in [0.717, 1.165) is 16.7 Å². The van der Waals surface area contributed by atoms with Gasteiger partial charge in [-0.3, -0.25) is 15.5 Å². The van der Waals surface area contributed by atoms with Crippen molar-refractivity contribution in [1.29, 1.82) is 5.41 Å². The van der Waals surface area contributed by atoms with Gasteiger partial charge in [0.05, 0.1) is 0 Å². The Hall–Kier alpha value is -2.10. The number of hydrogen-bond acceptors (Lipinski definition) is 2. The standard InChI is InChI=1S/C14H19N3O/c1-4-16-14(15)17-13(18)9-8-12-10(2)6-5-7-11(12)3/h5-9H,4H2,1-3H3,(H3,15,16,17,18). The summed E-state index contributed by atoms with van der Waals surface area (Å²) >= 11 is 0. The van der Waals surface area contributed by atoms with E-state index in [1.165, 1.54) is 6.08 Å². The van der Waals surface area contributed by atoms with Crippen LogP contribution >= 0.6 is 0 Å². The molecule has 0 unspecified atom stereocenters. The summed E-state index contributed by atoms with van der Waals surface area (Å²) in [5.41, 5.74) is 3.30. The van der Waals surface area contributed by atoms with Crippen molar-refractivity contribution in [3.8, 4) is 0 Å². The van der Waals surface area contributed by atoms with Crippen molar-refractivity contribution < 1.29 is 4.79 Å². The van der Waals surface area contributed by atoms with E-state index in [1.54, 1.807) is 6.08 Å². The van der Waals surface area contributed by atoms with Crippen LogP contribution in [-0.2, 0) is 4.79 Å². The van der Waals surface area contributed by atoms with Crippen molar-refractivity contribution >= 4 is 17.9 Å². The summed E-state index contributed by atoms with van der Waals surface area (Å²) < 4.78 is 0. The molecule has 0 atom stereocenters. The molecule has 96 valence electrons. The zero-order valence-electron chi connectivity index (χ0n) is 11.0. The first-order valence-electron chi connectivity index (χ1n) is 5.92. The van der Waals surface area contributed by atoms with Gasteiger partial charge in [-0.15, -0.1) is 0 Å². The molecule has 1 rings (SSSR count). The minimum absolute atomic E-state index is 0.0219. The second kappa shape index (κ2) is 6.59. The van der Waals surface area contributed by atoms with Crippen molar-refractivity contribution in [2.75, 3.05) is 6.54 Å². The molecule has 1 aromatic carbocycles. The molecular weight excluding hydrogens is 226 g/mol. The number of nitrogens with one attached hydrogen (secondary N) is 3. The van der Waals surface area contributed by atoms with Gasteiger partial charge in [0.15, 0.2) is 5.96 Å². The predicted molar refractivity (Wildman–Crippen MR) is 74.5 cm³/mol. The van der Waals surface area contributed by atoms with Crippen LogP contribution in [0.1, 0.15) is 23.6 Å². The fraction of sp³-hybridized carbons (Fsp3) is 0.286. The molecule has 0 spiro atoms. The van der Waals surface area contributed by atoms with E-state index >= 15 is 0 Å². The summed E-state index contributed by atoms with van der Waals surface area (Å²) in [5.74, 6) is -0.280. The lowest BCUT2D eigenvalue weighted by molar-refractivity contribution is -0.115. The molecule has 0 saturated carbocycles. The molecule has 4 nitrogen and oxygen atoms in total. The van der Waals surface area contributed by atoms with E-state index in [9.17, 15) is 4.79 Å². The Morgan fingerprint density at radius 1 is 1.33 bits per heavy atom. The third-order valence-electron chi connectivity index (χ3n) is 2.55. The van der Waals surface area contributed by atoms with E-state index in [2.05, 4.69) is 10.6 Å². The molecule has 0 aliphatic rings. The second-order valence-corrected chi connectivity index (χ2v) is 4.03. The topological polar surface area (TPSA) is 65.0 Å². The number of carbonyl (C=O) groups excluding carboxylic acids is 1. The third kappa shape index (κ3) is 4.05. The van der Waals surface area contributed by atoms with Crippen molar-refractivity contribution in [3.05, 3.63) is 41.0 Å². The maximum Gasteiger partial charge on any atom is 0.250 e. The molecule has 0 radical (unpaired) electrons. The van der Waals surface area contributed by atoms with Crippen molar-refractivity contribution in [2.45, 2.75) is 20.8 Å². The molecule has 4 heteroatoms. The highest BCUT2D eigenvalue weighted by molar-refractivity contribution is 6.03. The summed E-state index contributed by atoms with van der Waals surface area (Å²) in [6.45, 7) is 6.49. The van der Waals surface area contributed by atoms with Gasteiger partial charge >= 0.3 is 0 Å². The minimum Gasteiger partial charge on any atom is -0.357 e. The van der Waals surface area contributed by atoms with Gasteiger partial charge in [-0.25, -0.2) is 0 Å². The minimum atomic E-state index is -0.302. The Labute approximate surface area is 108 Å². The maximum atomic E-state index is 11.5. The summed E-state index contributed by atoms with van der Waals surface area (Å²) in [4.78, 5) is 11.5. The summed E-state index contributed by atoms with van der Waals surface area (Å²) in [6.07, 6.45) is 3.22. The van der Waals surface area contributed by atoms with E-state index in [1.807, 2.05) is 39.0 Å². The van der Waals surface area contributed by atoms with Gasteiger partial charge in [-0.05, 0) is 43.5 Å². The molecule has 1 aromatic rings. The van der Waals surface area contributed by atoms with Gasteiger partial charge in [0, 0.05) is 12.6 Å². The van der Waals surface area contributed by atoms with Gasteiger partial charge in [0.25, 0.3) is 5.91 Å². The Morgan fingerprint density at radius 3 is 2.50 bits per heavy atom. The fourth-order valence-electron chi connectivity index (χ4n) is 1.64. The number of benzene rings is 1. The Morgan fingerprint density at radius 2 is 1.94 bits per heavy atom. The van der Waals surface area contributed by atoms with Gasteiger partial charge in [0.1, 0.15) is 0 Å². The molecule has 0 heterocycles. The average Bonchev–Trinajstić information content (AvgIpc) is 2.28. The molecule has 0 bridgehead atoms. The lowest BCUT2D eigenvalue weighted by atomic mass is 10.0. The number of guanidine groups is 1. The number of rotatable bonds is 3. The first kappa shape index (κ1) is 14.0. The molecular formula is C14H19N3O. The highest BCUT2D eigenvalue weighted by atomic mass is 16.1. The average molecular weight is 245 g/mol. The molecule has 0 aromatic heterocycles. The number of carbonyl (C=O) groups is 1. The maximum absolute atomic E-state index is 11.5. The molecule has 0 aliphatic heterocycles. The van der Waals surface area contributed by atoms with E-state index in [0.29, 0.717) is 6.54 Å². The Balaban J connectivity index is 2.69. The van der Waals surface area contributed by atoms with Crippen molar-refractivity contribution in [2.24, 2.45) is 0 Å². The van der Waals surface area contributed by atoms with Crippen molar-refractivity contribution in [3.63, 3.8) is 0 Å². The van der Waals surface area contributed by atoms with Gasteiger partial charge in [0.2, 0.25) is 0 Å². The first-order valence-corrected chi connectivity index (χ1v) is 5.92. The van der Waals surface area contributed by atoms with Gasteiger partial charge < -0.3 is 5.32 Å². The Bertz CT molecular complexity index is 458. The summed E-state index contributed by atoms with van der Waals surface area (Å²) in [6, 6.07) is 6.00. The van der Waals surface area contributed by atoms with E-state index in [4.69, 9.17) is 5.41 Å². The zero-order chi connectivity index (χ0) is 13.5. The second-order valence-electron chi connectivity index (χ2n) is 4.03. The third-order valence-corrected chi connectivity index (χ3v) is 2.55. The molecule has 1 amide bonds. The summed E-state index contributed by atoms with van der Waals surface area (Å²) in [5, 5.41) is 12.6. The van der Waals surface area contributed by atoms with Gasteiger partial charge in [-0.2, -0.15) is 0 Å². The molecule has 0 saturated heterocycles. The number of hydrogen-bond donors (Lipinski definition) is 3. The fourth-order valence-corrected chi connectivity index (χ4v) is 1.64. The quantitative estimate of drug-likeness (QED) is 0.433. The van der Waals surface area contributed by atoms with Crippen LogP contribution in [0.25, 0.3) is 6.08 Å². The normalized spacial score (nSPS) is 10.4. The van der Waals surface area contributed by atoms with Crippen LogP contribution in [0.4, 0.5) is 0 Å². The highest BCUT2D eigenvalue weighted by Gasteiger charge is 2.01. The van der Waals surface area contributed by atoms with E-state index < -0.39 is 0 Å². The van der Waals surface area contributed by atoms with Crippen molar-refractivity contribution in [1.82, 2.24) is 10.6 Å². The molecule has 18 heavy (non-hydrogen) atoms.